The molecular weight excluding hydrogens is 251 g/mol. The molecule has 5 heteroatoms. The van der Waals surface area contributed by atoms with Crippen molar-refractivity contribution in [2.75, 3.05) is 0 Å². The van der Waals surface area contributed by atoms with E-state index in [9.17, 15) is 0 Å². The SMILES string of the molecule is CC(C)(C)C1Cc2nc(Cl)nc(Cl)c2S1. The van der Waals surface area contributed by atoms with Crippen LogP contribution >= 0.6 is 35.0 Å². The third-order valence-corrected chi connectivity index (χ3v) is 4.85. The summed E-state index contributed by atoms with van der Waals surface area (Å²) in [6, 6.07) is 0. The molecule has 0 bridgehead atoms. The maximum atomic E-state index is 6.03. The van der Waals surface area contributed by atoms with Gasteiger partial charge in [-0.15, -0.1) is 11.8 Å². The molecule has 0 saturated heterocycles. The number of rotatable bonds is 0. The van der Waals surface area contributed by atoms with Crippen molar-refractivity contribution in [3.63, 3.8) is 0 Å². The highest BCUT2D eigenvalue weighted by Gasteiger charge is 2.34. The lowest BCUT2D eigenvalue weighted by Crippen LogP contribution is -2.22. The molecule has 1 aromatic heterocycles. The maximum absolute atomic E-state index is 6.03. The molecule has 0 fully saturated rings. The molecule has 0 saturated carbocycles. The van der Waals surface area contributed by atoms with Crippen LogP contribution in [0.25, 0.3) is 0 Å². The summed E-state index contributed by atoms with van der Waals surface area (Å²) < 4.78 is 0. The van der Waals surface area contributed by atoms with Crippen molar-refractivity contribution in [2.45, 2.75) is 37.3 Å². The predicted octanol–water partition coefficient (Wildman–Crippen LogP) is 3.85. The zero-order valence-corrected chi connectivity index (χ0v) is 11.2. The lowest BCUT2D eigenvalue weighted by molar-refractivity contribution is 0.394. The zero-order valence-electron chi connectivity index (χ0n) is 8.84. The maximum Gasteiger partial charge on any atom is 0.224 e. The van der Waals surface area contributed by atoms with E-state index in [1.54, 1.807) is 11.8 Å². The predicted molar refractivity (Wildman–Crippen MR) is 64.9 cm³/mol. The van der Waals surface area contributed by atoms with Crippen LogP contribution in [0.2, 0.25) is 10.4 Å². The average molecular weight is 263 g/mol. The van der Waals surface area contributed by atoms with Crippen molar-refractivity contribution >= 4 is 35.0 Å². The van der Waals surface area contributed by atoms with Gasteiger partial charge in [0.1, 0.15) is 5.15 Å². The van der Waals surface area contributed by atoms with Crippen LogP contribution < -0.4 is 0 Å². The second-order valence-electron chi connectivity index (χ2n) is 4.74. The molecule has 0 spiro atoms. The summed E-state index contributed by atoms with van der Waals surface area (Å²) in [6.45, 7) is 6.67. The Kier molecular flexibility index (Phi) is 2.91. The van der Waals surface area contributed by atoms with Crippen molar-refractivity contribution < 1.29 is 0 Å². The number of aromatic nitrogens is 2. The van der Waals surface area contributed by atoms with Crippen LogP contribution in [-0.2, 0) is 6.42 Å². The molecule has 1 aliphatic heterocycles. The molecule has 2 nitrogen and oxygen atoms in total. The summed E-state index contributed by atoms with van der Waals surface area (Å²) in [4.78, 5) is 9.19. The number of hydrogen-bond acceptors (Lipinski definition) is 3. The Bertz CT molecular complexity index is 401. The number of hydrogen-bond donors (Lipinski definition) is 0. The molecule has 0 radical (unpaired) electrons. The molecule has 0 N–H and O–H groups in total. The van der Waals surface area contributed by atoms with Gasteiger partial charge in [-0.05, 0) is 17.0 Å². The van der Waals surface area contributed by atoms with E-state index < -0.39 is 0 Å². The molecule has 1 atom stereocenters. The lowest BCUT2D eigenvalue weighted by atomic mass is 9.89. The van der Waals surface area contributed by atoms with E-state index in [1.165, 1.54) is 0 Å². The van der Waals surface area contributed by atoms with Gasteiger partial charge in [0.05, 0.1) is 10.6 Å². The quantitative estimate of drug-likeness (QED) is 0.525. The molecule has 0 aliphatic carbocycles. The summed E-state index contributed by atoms with van der Waals surface area (Å²) in [6.07, 6.45) is 0.922. The highest BCUT2D eigenvalue weighted by atomic mass is 35.5. The fourth-order valence-electron chi connectivity index (χ4n) is 1.54. The first-order valence-corrected chi connectivity index (χ1v) is 6.40. The highest BCUT2D eigenvalue weighted by Crippen LogP contribution is 2.46. The van der Waals surface area contributed by atoms with Crippen molar-refractivity contribution in [1.82, 2.24) is 9.97 Å². The van der Waals surface area contributed by atoms with Crippen molar-refractivity contribution in [3.8, 4) is 0 Å². The average Bonchev–Trinajstić information content (AvgIpc) is 2.46. The monoisotopic (exact) mass is 262 g/mol. The molecule has 1 unspecified atom stereocenters. The van der Waals surface area contributed by atoms with Crippen LogP contribution in [0.5, 0.6) is 0 Å². The first-order valence-electron chi connectivity index (χ1n) is 4.76. The standard InChI is InChI=1S/C10H12Cl2N2S/c1-10(2,3)6-4-5-7(15-6)8(11)14-9(12)13-5/h6H,4H2,1-3H3. The van der Waals surface area contributed by atoms with Crippen molar-refractivity contribution in [1.29, 1.82) is 0 Å². The molecule has 15 heavy (non-hydrogen) atoms. The third kappa shape index (κ3) is 2.24. The fourth-order valence-corrected chi connectivity index (χ4v) is 3.38. The van der Waals surface area contributed by atoms with Gasteiger partial charge in [-0.1, -0.05) is 32.4 Å². The summed E-state index contributed by atoms with van der Waals surface area (Å²) >= 11 is 13.6. The van der Waals surface area contributed by atoms with E-state index in [1.807, 2.05) is 0 Å². The van der Waals surface area contributed by atoms with E-state index in [2.05, 4.69) is 30.7 Å². The topological polar surface area (TPSA) is 25.8 Å². The molecular formula is C10H12Cl2N2S. The minimum Gasteiger partial charge on any atom is -0.222 e. The minimum absolute atomic E-state index is 0.237. The Morgan fingerprint density at radius 2 is 1.93 bits per heavy atom. The normalized spacial score (nSPS) is 20.5. The number of fused-ring (bicyclic) bond motifs is 1. The largest absolute Gasteiger partial charge is 0.224 e. The molecule has 1 aliphatic rings. The van der Waals surface area contributed by atoms with Gasteiger partial charge >= 0.3 is 0 Å². The minimum atomic E-state index is 0.237. The van der Waals surface area contributed by atoms with E-state index in [-0.39, 0.29) is 10.7 Å². The van der Waals surface area contributed by atoms with Crippen molar-refractivity contribution in [3.05, 3.63) is 16.1 Å². The van der Waals surface area contributed by atoms with Gasteiger partial charge in [0.2, 0.25) is 5.28 Å². The van der Waals surface area contributed by atoms with Gasteiger partial charge in [-0.2, -0.15) is 0 Å². The molecule has 82 valence electrons. The van der Waals surface area contributed by atoms with Gasteiger partial charge in [0.15, 0.2) is 0 Å². The third-order valence-electron chi connectivity index (χ3n) is 2.47. The molecule has 2 heterocycles. The van der Waals surface area contributed by atoms with Crippen LogP contribution in [0.15, 0.2) is 4.90 Å². The van der Waals surface area contributed by atoms with Crippen LogP contribution in [0, 0.1) is 5.41 Å². The van der Waals surface area contributed by atoms with Gasteiger partial charge in [-0.3, -0.25) is 0 Å². The molecule has 2 rings (SSSR count). The van der Waals surface area contributed by atoms with E-state index in [0.717, 1.165) is 17.0 Å². The highest BCUT2D eigenvalue weighted by molar-refractivity contribution is 8.00. The second kappa shape index (κ2) is 3.79. The van der Waals surface area contributed by atoms with Gasteiger partial charge in [0, 0.05) is 11.7 Å². The van der Waals surface area contributed by atoms with E-state index >= 15 is 0 Å². The lowest BCUT2D eigenvalue weighted by Gasteiger charge is -2.25. The molecule has 0 aromatic carbocycles. The van der Waals surface area contributed by atoms with Crippen LogP contribution in [-0.4, -0.2) is 15.2 Å². The number of thioether (sulfide) groups is 1. The smallest absolute Gasteiger partial charge is 0.222 e. The molecule has 0 amide bonds. The first-order chi connectivity index (χ1) is 6.88. The van der Waals surface area contributed by atoms with Crippen molar-refractivity contribution in [2.24, 2.45) is 5.41 Å². The number of nitrogens with zero attached hydrogens (tertiary/aromatic N) is 2. The summed E-state index contributed by atoms with van der Waals surface area (Å²) in [7, 11) is 0. The van der Waals surface area contributed by atoms with Gasteiger partial charge in [-0.25, -0.2) is 9.97 Å². The van der Waals surface area contributed by atoms with E-state index in [0.29, 0.717) is 10.4 Å². The second-order valence-corrected chi connectivity index (χ2v) is 6.64. The van der Waals surface area contributed by atoms with Crippen LogP contribution in [0.4, 0.5) is 0 Å². The summed E-state index contributed by atoms with van der Waals surface area (Å²) in [5.41, 5.74) is 1.23. The van der Waals surface area contributed by atoms with Crippen LogP contribution in [0.1, 0.15) is 26.5 Å². The zero-order chi connectivity index (χ0) is 11.2. The number of halogens is 2. The Labute approximate surface area is 104 Å². The first kappa shape index (κ1) is 11.5. The van der Waals surface area contributed by atoms with Crippen LogP contribution in [0.3, 0.4) is 0 Å². The Balaban J connectivity index is 2.35. The Hall–Kier alpha value is 0.01000. The van der Waals surface area contributed by atoms with E-state index in [4.69, 9.17) is 23.2 Å². The molecule has 1 aromatic rings. The summed E-state index contributed by atoms with van der Waals surface area (Å²) in [5.74, 6) is 0. The Morgan fingerprint density at radius 3 is 2.53 bits per heavy atom. The fraction of sp³-hybridized carbons (Fsp3) is 0.600. The summed E-state index contributed by atoms with van der Waals surface area (Å²) in [5, 5.41) is 1.23. The van der Waals surface area contributed by atoms with Gasteiger partial charge < -0.3 is 0 Å². The van der Waals surface area contributed by atoms with Gasteiger partial charge in [0.25, 0.3) is 0 Å². The Morgan fingerprint density at radius 1 is 1.27 bits per heavy atom.